The Kier molecular flexibility index (Phi) is 4.58. The van der Waals surface area contributed by atoms with Crippen LogP contribution in [0.3, 0.4) is 0 Å². The van der Waals surface area contributed by atoms with Crippen LogP contribution in [0.1, 0.15) is 0 Å². The number of para-hydroxylation sites is 2. The lowest BCUT2D eigenvalue weighted by Crippen LogP contribution is -2.23. The van der Waals surface area contributed by atoms with E-state index >= 15 is 0 Å². The van der Waals surface area contributed by atoms with Gasteiger partial charge in [-0.15, -0.1) is 0 Å². The van der Waals surface area contributed by atoms with Gasteiger partial charge in [-0.3, -0.25) is 0 Å². The van der Waals surface area contributed by atoms with E-state index in [4.69, 9.17) is 0 Å². The van der Waals surface area contributed by atoms with Gasteiger partial charge in [0, 0.05) is 11.4 Å². The molecule has 0 spiro atoms. The summed E-state index contributed by atoms with van der Waals surface area (Å²) < 4.78 is 22.4. The Bertz CT molecular complexity index is 644. The highest BCUT2D eigenvalue weighted by molar-refractivity contribution is 7.73. The summed E-state index contributed by atoms with van der Waals surface area (Å²) in [5, 5.41) is 5.94. The molecule has 0 bridgehead atoms. The van der Waals surface area contributed by atoms with E-state index in [2.05, 4.69) is 10.6 Å². The second-order valence-electron chi connectivity index (χ2n) is 3.87. The molecule has 0 aliphatic heterocycles. The molecule has 0 saturated heterocycles. The SMILES string of the molecule is O=S(=O)=C(CNc1ccccc1)Nc1ccccc1. The fourth-order valence-corrected chi connectivity index (χ4v) is 1.96. The van der Waals surface area contributed by atoms with Gasteiger partial charge in [-0.2, -0.15) is 8.42 Å². The predicted molar refractivity (Wildman–Crippen MR) is 78.9 cm³/mol. The summed E-state index contributed by atoms with van der Waals surface area (Å²) in [6.07, 6.45) is 0. The van der Waals surface area contributed by atoms with Crippen molar-refractivity contribution in [3.8, 4) is 0 Å². The van der Waals surface area contributed by atoms with Crippen molar-refractivity contribution in [2.75, 3.05) is 17.2 Å². The Labute approximate surface area is 113 Å². The smallest absolute Gasteiger partial charge is 0.235 e. The highest BCUT2D eigenvalue weighted by Gasteiger charge is 2.02. The Hall–Kier alpha value is -2.27. The standard InChI is InChI=1S/C14H14N2O2S/c17-19(18)14(16-13-9-5-2-6-10-13)11-15-12-7-3-1-4-8-12/h1-10,15-16H,11H2. The van der Waals surface area contributed by atoms with Crippen LogP contribution in [-0.2, 0) is 10.3 Å². The first-order chi connectivity index (χ1) is 9.25. The Morgan fingerprint density at radius 1 is 0.842 bits per heavy atom. The lowest BCUT2D eigenvalue weighted by molar-refractivity contribution is 0.627. The van der Waals surface area contributed by atoms with Crippen molar-refractivity contribution in [3.05, 3.63) is 60.7 Å². The molecule has 0 atom stereocenters. The van der Waals surface area contributed by atoms with Gasteiger partial charge in [0.2, 0.25) is 10.3 Å². The summed E-state index contributed by atoms with van der Waals surface area (Å²) in [5.74, 6) is 0. The van der Waals surface area contributed by atoms with Crippen LogP contribution in [0.5, 0.6) is 0 Å². The van der Waals surface area contributed by atoms with Crippen molar-refractivity contribution in [2.24, 2.45) is 0 Å². The summed E-state index contributed by atoms with van der Waals surface area (Å²) in [4.78, 5) is 0.204. The van der Waals surface area contributed by atoms with Gasteiger partial charge in [0.1, 0.15) is 0 Å². The maximum absolute atomic E-state index is 11.2. The summed E-state index contributed by atoms with van der Waals surface area (Å²) in [7, 11) is -2.28. The number of hydrogen-bond donors (Lipinski definition) is 2. The fourth-order valence-electron chi connectivity index (χ4n) is 1.57. The normalized spacial score (nSPS) is 9.68. The van der Waals surface area contributed by atoms with E-state index in [1.165, 1.54) is 0 Å². The number of rotatable bonds is 4. The van der Waals surface area contributed by atoms with Gasteiger partial charge < -0.3 is 10.6 Å². The molecule has 2 rings (SSSR count). The monoisotopic (exact) mass is 274 g/mol. The van der Waals surface area contributed by atoms with Gasteiger partial charge in [-0.1, -0.05) is 36.4 Å². The lowest BCUT2D eigenvalue weighted by Gasteiger charge is -2.09. The predicted octanol–water partition coefficient (Wildman–Crippen LogP) is 2.22. The van der Waals surface area contributed by atoms with Crippen LogP contribution in [-0.4, -0.2) is 20.0 Å². The molecule has 5 heteroatoms. The third-order valence-corrected chi connectivity index (χ3v) is 3.13. The minimum absolute atomic E-state index is 0.204. The van der Waals surface area contributed by atoms with E-state index in [1.54, 1.807) is 0 Å². The third kappa shape index (κ3) is 4.15. The van der Waals surface area contributed by atoms with Gasteiger partial charge in [0.25, 0.3) is 0 Å². The van der Waals surface area contributed by atoms with E-state index in [-0.39, 0.29) is 11.5 Å². The van der Waals surface area contributed by atoms with E-state index in [9.17, 15) is 8.42 Å². The van der Waals surface area contributed by atoms with Crippen LogP contribution in [0.25, 0.3) is 0 Å². The Balaban J connectivity index is 2.05. The minimum Gasteiger partial charge on any atom is -0.378 e. The quantitative estimate of drug-likeness (QED) is 0.839. The molecule has 98 valence electrons. The molecular weight excluding hydrogens is 260 g/mol. The van der Waals surface area contributed by atoms with Crippen molar-refractivity contribution < 1.29 is 8.42 Å². The molecule has 0 unspecified atom stereocenters. The van der Waals surface area contributed by atoms with Crippen LogP contribution >= 0.6 is 0 Å². The van der Waals surface area contributed by atoms with Gasteiger partial charge in [0.15, 0.2) is 4.99 Å². The van der Waals surface area contributed by atoms with Crippen molar-refractivity contribution in [1.82, 2.24) is 0 Å². The summed E-state index contributed by atoms with van der Waals surface area (Å²) in [6.45, 7) is 0.217. The highest BCUT2D eigenvalue weighted by atomic mass is 32.2. The first kappa shape index (κ1) is 13.2. The van der Waals surface area contributed by atoms with Crippen LogP contribution in [0, 0.1) is 0 Å². The summed E-state index contributed by atoms with van der Waals surface area (Å²) in [6, 6.07) is 18.6. The topological polar surface area (TPSA) is 58.2 Å². The number of nitrogens with one attached hydrogen (secondary N) is 2. The van der Waals surface area contributed by atoms with Gasteiger partial charge in [0.05, 0.1) is 6.54 Å². The van der Waals surface area contributed by atoms with Crippen LogP contribution < -0.4 is 10.6 Å². The van der Waals surface area contributed by atoms with Crippen LogP contribution in [0.2, 0.25) is 0 Å². The van der Waals surface area contributed by atoms with E-state index in [0.717, 1.165) is 11.4 Å². The molecule has 0 radical (unpaired) electrons. The lowest BCUT2D eigenvalue weighted by atomic mass is 10.3. The maximum Gasteiger partial charge on any atom is 0.235 e. The Morgan fingerprint density at radius 3 is 1.89 bits per heavy atom. The molecule has 2 aromatic rings. The van der Waals surface area contributed by atoms with Crippen molar-refractivity contribution in [1.29, 1.82) is 0 Å². The summed E-state index contributed by atoms with van der Waals surface area (Å²) in [5.41, 5.74) is 1.62. The van der Waals surface area contributed by atoms with Gasteiger partial charge in [-0.05, 0) is 24.3 Å². The molecule has 0 amide bonds. The highest BCUT2D eigenvalue weighted by Crippen LogP contribution is 2.06. The first-order valence-corrected chi connectivity index (χ1v) is 6.89. The summed E-state index contributed by atoms with van der Waals surface area (Å²) >= 11 is 0. The first-order valence-electron chi connectivity index (χ1n) is 5.82. The zero-order chi connectivity index (χ0) is 13.5. The molecule has 0 aliphatic carbocycles. The van der Waals surface area contributed by atoms with Gasteiger partial charge >= 0.3 is 0 Å². The molecular formula is C14H14N2O2S. The third-order valence-electron chi connectivity index (χ3n) is 2.49. The average Bonchev–Trinajstić information content (AvgIpc) is 2.45. The molecule has 0 aromatic heterocycles. The maximum atomic E-state index is 11.2. The van der Waals surface area contributed by atoms with Crippen LogP contribution in [0.15, 0.2) is 60.7 Å². The van der Waals surface area contributed by atoms with E-state index < -0.39 is 10.3 Å². The molecule has 2 N–H and O–H groups in total. The molecule has 0 fully saturated rings. The number of anilines is 2. The fraction of sp³-hybridized carbons (Fsp3) is 0.0714. The van der Waals surface area contributed by atoms with Crippen molar-refractivity contribution in [2.45, 2.75) is 0 Å². The van der Waals surface area contributed by atoms with E-state index in [0.29, 0.717) is 0 Å². The zero-order valence-electron chi connectivity index (χ0n) is 10.2. The number of benzene rings is 2. The van der Waals surface area contributed by atoms with E-state index in [1.807, 2.05) is 60.7 Å². The molecule has 19 heavy (non-hydrogen) atoms. The largest absolute Gasteiger partial charge is 0.378 e. The molecule has 4 nitrogen and oxygen atoms in total. The second-order valence-corrected chi connectivity index (χ2v) is 4.83. The van der Waals surface area contributed by atoms with Crippen LogP contribution in [0.4, 0.5) is 11.4 Å². The zero-order valence-corrected chi connectivity index (χ0v) is 11.0. The molecule has 0 saturated carbocycles. The van der Waals surface area contributed by atoms with Crippen molar-refractivity contribution in [3.63, 3.8) is 0 Å². The minimum atomic E-state index is -2.28. The number of hydrogen-bond acceptors (Lipinski definition) is 3. The molecule has 2 aromatic carbocycles. The van der Waals surface area contributed by atoms with Crippen molar-refractivity contribution >= 4 is 26.7 Å². The molecule has 0 aliphatic rings. The average molecular weight is 274 g/mol. The van der Waals surface area contributed by atoms with Gasteiger partial charge in [-0.25, -0.2) is 0 Å². The second kappa shape index (κ2) is 6.61. The Morgan fingerprint density at radius 2 is 1.37 bits per heavy atom. The molecule has 0 heterocycles.